The minimum absolute atomic E-state index is 0.0969. The van der Waals surface area contributed by atoms with Crippen LogP contribution in [0, 0.1) is 5.92 Å². The third kappa shape index (κ3) is 3.64. The van der Waals surface area contributed by atoms with Gasteiger partial charge in [0.25, 0.3) is 0 Å². The Kier molecular flexibility index (Phi) is 6.49. The number of carbonyl (C=O) groups is 1. The first kappa shape index (κ1) is 13.4. The van der Waals surface area contributed by atoms with Gasteiger partial charge in [-0.05, 0) is 13.5 Å². The van der Waals surface area contributed by atoms with Gasteiger partial charge < -0.3 is 9.84 Å². The highest BCUT2D eigenvalue weighted by Crippen LogP contribution is 2.11. The topological polar surface area (TPSA) is 49.8 Å². The van der Waals surface area contributed by atoms with Crippen LogP contribution in [0.25, 0.3) is 0 Å². The predicted octanol–water partition coefficient (Wildman–Crippen LogP) is 0.498. The second kappa shape index (κ2) is 6.79. The van der Waals surface area contributed by atoms with Crippen LogP contribution in [0.1, 0.15) is 20.8 Å². The molecule has 0 saturated carbocycles. The van der Waals surface area contributed by atoms with Gasteiger partial charge in [-0.1, -0.05) is 13.8 Å². The molecular weight excluding hydrogens is 182 g/mol. The van der Waals surface area contributed by atoms with Gasteiger partial charge in [0, 0.05) is 12.6 Å². The van der Waals surface area contributed by atoms with Crippen LogP contribution in [-0.4, -0.2) is 48.8 Å². The molecule has 0 fully saturated rings. The molecule has 0 amide bonds. The van der Waals surface area contributed by atoms with E-state index >= 15 is 0 Å². The van der Waals surface area contributed by atoms with Crippen molar-refractivity contribution in [2.75, 3.05) is 26.8 Å². The highest BCUT2D eigenvalue weighted by molar-refractivity contribution is 5.72. The van der Waals surface area contributed by atoms with Crippen LogP contribution in [-0.2, 0) is 9.53 Å². The largest absolute Gasteiger partial charge is 0.469 e. The number of nitrogens with zero attached hydrogens (tertiary/aromatic N) is 1. The summed E-state index contributed by atoms with van der Waals surface area (Å²) in [4.78, 5) is 13.3. The second-order valence-electron chi connectivity index (χ2n) is 3.40. The molecule has 2 atom stereocenters. The summed E-state index contributed by atoms with van der Waals surface area (Å²) in [6.07, 6.45) is 0. The van der Waals surface area contributed by atoms with Gasteiger partial charge in [0.2, 0.25) is 0 Å². The van der Waals surface area contributed by atoms with E-state index in [1.54, 1.807) is 0 Å². The number of likely N-dealkylation sites (N-methyl/N-ethyl adjacent to an activating group) is 1. The van der Waals surface area contributed by atoms with E-state index in [0.29, 0.717) is 6.54 Å². The highest BCUT2D eigenvalue weighted by Gasteiger charge is 2.24. The van der Waals surface area contributed by atoms with Crippen molar-refractivity contribution in [3.63, 3.8) is 0 Å². The number of esters is 1. The maximum atomic E-state index is 11.3. The number of carbonyl (C=O) groups excluding carboxylic acids is 1. The smallest absolute Gasteiger partial charge is 0.309 e. The van der Waals surface area contributed by atoms with Crippen molar-refractivity contribution in [1.29, 1.82) is 0 Å². The molecule has 84 valence electrons. The van der Waals surface area contributed by atoms with Gasteiger partial charge >= 0.3 is 5.97 Å². The predicted molar refractivity (Wildman–Crippen MR) is 55.0 cm³/mol. The SMILES string of the molecule is CCN(CCO)C(C)C(C)C(=O)OC. The number of aliphatic hydroxyl groups is 1. The lowest BCUT2D eigenvalue weighted by molar-refractivity contribution is -0.147. The lowest BCUT2D eigenvalue weighted by atomic mass is 10.0. The molecule has 4 nitrogen and oxygen atoms in total. The van der Waals surface area contributed by atoms with Gasteiger partial charge in [0.05, 0.1) is 19.6 Å². The van der Waals surface area contributed by atoms with Gasteiger partial charge in [0.15, 0.2) is 0 Å². The van der Waals surface area contributed by atoms with E-state index in [9.17, 15) is 4.79 Å². The number of hydrogen-bond donors (Lipinski definition) is 1. The van der Waals surface area contributed by atoms with Crippen LogP contribution < -0.4 is 0 Å². The average Bonchev–Trinajstić information content (AvgIpc) is 2.22. The summed E-state index contributed by atoms with van der Waals surface area (Å²) < 4.78 is 4.68. The van der Waals surface area contributed by atoms with E-state index in [1.165, 1.54) is 7.11 Å². The average molecular weight is 203 g/mol. The number of aliphatic hydroxyl groups excluding tert-OH is 1. The Balaban J connectivity index is 4.25. The monoisotopic (exact) mass is 203 g/mol. The summed E-state index contributed by atoms with van der Waals surface area (Å²) in [5.41, 5.74) is 0. The molecule has 0 aliphatic rings. The van der Waals surface area contributed by atoms with Gasteiger partial charge in [-0.25, -0.2) is 0 Å². The molecule has 0 radical (unpaired) electrons. The molecule has 14 heavy (non-hydrogen) atoms. The molecule has 1 N–H and O–H groups in total. The van der Waals surface area contributed by atoms with E-state index in [-0.39, 0.29) is 24.5 Å². The van der Waals surface area contributed by atoms with Crippen molar-refractivity contribution >= 4 is 5.97 Å². The molecule has 0 aliphatic heterocycles. The maximum Gasteiger partial charge on any atom is 0.309 e. The molecule has 0 aromatic heterocycles. The zero-order valence-electron chi connectivity index (χ0n) is 9.49. The first-order chi connectivity index (χ1) is 6.58. The van der Waals surface area contributed by atoms with E-state index in [1.807, 2.05) is 20.8 Å². The second-order valence-corrected chi connectivity index (χ2v) is 3.40. The van der Waals surface area contributed by atoms with E-state index in [4.69, 9.17) is 5.11 Å². The number of methoxy groups -OCH3 is 1. The van der Waals surface area contributed by atoms with Gasteiger partial charge in [-0.15, -0.1) is 0 Å². The third-order valence-corrected chi connectivity index (χ3v) is 2.67. The maximum absolute atomic E-state index is 11.3. The Morgan fingerprint density at radius 1 is 1.50 bits per heavy atom. The van der Waals surface area contributed by atoms with Crippen molar-refractivity contribution < 1.29 is 14.6 Å². The van der Waals surface area contributed by atoms with Gasteiger partial charge in [-0.3, -0.25) is 9.69 Å². The van der Waals surface area contributed by atoms with Crippen LogP contribution in [0.3, 0.4) is 0 Å². The molecule has 0 aromatic carbocycles. The summed E-state index contributed by atoms with van der Waals surface area (Å²) in [7, 11) is 1.40. The Bertz CT molecular complexity index is 173. The Morgan fingerprint density at radius 2 is 2.07 bits per heavy atom. The van der Waals surface area contributed by atoms with Crippen LogP contribution >= 0.6 is 0 Å². The zero-order chi connectivity index (χ0) is 11.1. The number of ether oxygens (including phenoxy) is 1. The summed E-state index contributed by atoms with van der Waals surface area (Å²) in [6, 6.07) is 0.0969. The molecule has 0 rings (SSSR count). The van der Waals surface area contributed by atoms with Crippen molar-refractivity contribution in [2.24, 2.45) is 5.92 Å². The first-order valence-electron chi connectivity index (χ1n) is 5.01. The van der Waals surface area contributed by atoms with Crippen LogP contribution in [0.15, 0.2) is 0 Å². The Hall–Kier alpha value is -0.610. The fraction of sp³-hybridized carbons (Fsp3) is 0.900. The summed E-state index contributed by atoms with van der Waals surface area (Å²) in [6.45, 7) is 7.36. The number of rotatable bonds is 6. The Labute approximate surface area is 85.9 Å². The Morgan fingerprint density at radius 3 is 2.43 bits per heavy atom. The molecule has 0 aromatic rings. The van der Waals surface area contributed by atoms with Crippen LogP contribution in [0.2, 0.25) is 0 Å². The minimum Gasteiger partial charge on any atom is -0.469 e. The van der Waals surface area contributed by atoms with Crippen molar-refractivity contribution in [3.8, 4) is 0 Å². The molecule has 0 aliphatic carbocycles. The summed E-state index contributed by atoms with van der Waals surface area (Å²) >= 11 is 0. The number of hydrogen-bond acceptors (Lipinski definition) is 4. The van der Waals surface area contributed by atoms with Gasteiger partial charge in [-0.2, -0.15) is 0 Å². The molecule has 0 bridgehead atoms. The van der Waals surface area contributed by atoms with E-state index in [0.717, 1.165) is 6.54 Å². The highest BCUT2D eigenvalue weighted by atomic mass is 16.5. The molecule has 0 saturated heterocycles. The van der Waals surface area contributed by atoms with E-state index in [2.05, 4.69) is 9.64 Å². The summed E-state index contributed by atoms with van der Waals surface area (Å²) in [5.74, 6) is -0.361. The fourth-order valence-corrected chi connectivity index (χ4v) is 1.48. The van der Waals surface area contributed by atoms with Crippen molar-refractivity contribution in [1.82, 2.24) is 4.90 Å². The molecule has 2 unspecified atom stereocenters. The standard InChI is InChI=1S/C10H21NO3/c1-5-11(6-7-12)9(3)8(2)10(13)14-4/h8-9,12H,5-7H2,1-4H3. The zero-order valence-corrected chi connectivity index (χ0v) is 9.49. The first-order valence-corrected chi connectivity index (χ1v) is 5.01. The lowest BCUT2D eigenvalue weighted by Crippen LogP contribution is -2.42. The van der Waals surface area contributed by atoms with Crippen LogP contribution in [0.5, 0.6) is 0 Å². The van der Waals surface area contributed by atoms with Crippen molar-refractivity contribution in [2.45, 2.75) is 26.8 Å². The van der Waals surface area contributed by atoms with Crippen molar-refractivity contribution in [3.05, 3.63) is 0 Å². The summed E-state index contributed by atoms with van der Waals surface area (Å²) in [5, 5.41) is 8.84. The normalized spacial score (nSPS) is 15.3. The van der Waals surface area contributed by atoms with Gasteiger partial charge in [0.1, 0.15) is 0 Å². The molecular formula is C10H21NO3. The fourth-order valence-electron chi connectivity index (χ4n) is 1.48. The minimum atomic E-state index is -0.200. The quantitative estimate of drug-likeness (QED) is 0.639. The molecule has 0 spiro atoms. The molecule has 0 heterocycles. The van der Waals surface area contributed by atoms with Crippen LogP contribution in [0.4, 0.5) is 0 Å². The molecule has 4 heteroatoms. The lowest BCUT2D eigenvalue weighted by Gasteiger charge is -2.30. The van der Waals surface area contributed by atoms with E-state index < -0.39 is 0 Å². The third-order valence-electron chi connectivity index (χ3n) is 2.67.